The largest absolute Gasteiger partial charge is 0.492 e. The molecule has 1 N–H and O–H groups in total. The van der Waals surface area contributed by atoms with Gasteiger partial charge in [-0.05, 0) is 78.3 Å². The highest BCUT2D eigenvalue weighted by molar-refractivity contribution is 5.82. The van der Waals surface area contributed by atoms with E-state index in [2.05, 4.69) is 61.5 Å². The van der Waals surface area contributed by atoms with E-state index < -0.39 is 5.41 Å². The average Bonchev–Trinajstić information content (AvgIpc) is 3.39. The number of carbonyl (C=O) groups is 1. The summed E-state index contributed by atoms with van der Waals surface area (Å²) in [7, 11) is 0. The Morgan fingerprint density at radius 1 is 0.973 bits per heavy atom. The molecule has 2 aliphatic rings. The first-order valence-electron chi connectivity index (χ1n) is 13.0. The van der Waals surface area contributed by atoms with Crippen LogP contribution in [0.2, 0.25) is 0 Å². The number of aliphatic hydroxyl groups excluding tert-OH is 1. The number of benzene rings is 3. The number of rotatable bonds is 8. The minimum atomic E-state index is -0.711. The van der Waals surface area contributed by atoms with Crippen molar-refractivity contribution in [2.45, 2.75) is 40.0 Å². The van der Waals surface area contributed by atoms with Crippen LogP contribution in [0.1, 0.15) is 48.1 Å². The van der Waals surface area contributed by atoms with Gasteiger partial charge in [-0.1, -0.05) is 49.4 Å². The number of ether oxygens (including phenoxy) is 3. The topological polar surface area (TPSA) is 65.0 Å². The van der Waals surface area contributed by atoms with Crippen LogP contribution in [0, 0.1) is 12.3 Å². The molecule has 0 aromatic heterocycles. The van der Waals surface area contributed by atoms with E-state index in [0.717, 1.165) is 57.9 Å². The molecule has 2 heterocycles. The Labute approximate surface area is 218 Å². The molecule has 5 heteroatoms. The number of ketones is 1. The first-order valence-corrected chi connectivity index (χ1v) is 13.0. The lowest BCUT2D eigenvalue weighted by atomic mass is 9.81. The van der Waals surface area contributed by atoms with Gasteiger partial charge < -0.3 is 19.3 Å². The summed E-state index contributed by atoms with van der Waals surface area (Å²) in [6.07, 6.45) is 6.49. The Balaban J connectivity index is 1.43. The van der Waals surface area contributed by atoms with Gasteiger partial charge in [-0.15, -0.1) is 0 Å². The van der Waals surface area contributed by atoms with Gasteiger partial charge in [0, 0.05) is 17.4 Å². The van der Waals surface area contributed by atoms with E-state index in [-0.39, 0.29) is 12.4 Å². The van der Waals surface area contributed by atoms with Crippen molar-refractivity contribution in [1.29, 1.82) is 0 Å². The molecule has 0 saturated heterocycles. The Morgan fingerprint density at radius 3 is 2.54 bits per heavy atom. The van der Waals surface area contributed by atoms with Gasteiger partial charge in [-0.2, -0.15) is 0 Å². The lowest BCUT2D eigenvalue weighted by Gasteiger charge is -2.24. The summed E-state index contributed by atoms with van der Waals surface area (Å²) in [5.41, 5.74) is 7.26. The molecule has 1 atom stereocenters. The van der Waals surface area contributed by atoms with Crippen molar-refractivity contribution in [3.63, 3.8) is 0 Å². The average molecular weight is 499 g/mol. The SMILES string of the molecule is CC(=O)C(C)(CO)CCc1cc(/C=C/c2cccc(-c3ccc4c(c3)OCCO4)c2C)c2c(c1)CCO2. The number of aliphatic hydroxyl groups is 1. The van der Waals surface area contributed by atoms with Crippen LogP contribution < -0.4 is 14.2 Å². The summed E-state index contributed by atoms with van der Waals surface area (Å²) >= 11 is 0. The summed E-state index contributed by atoms with van der Waals surface area (Å²) in [5, 5.41) is 9.78. The van der Waals surface area contributed by atoms with E-state index in [4.69, 9.17) is 14.2 Å². The van der Waals surface area contributed by atoms with E-state index in [9.17, 15) is 9.90 Å². The number of hydrogen-bond acceptors (Lipinski definition) is 5. The van der Waals surface area contributed by atoms with Crippen molar-refractivity contribution < 1.29 is 24.1 Å². The molecule has 37 heavy (non-hydrogen) atoms. The maximum atomic E-state index is 12.1. The zero-order chi connectivity index (χ0) is 26.0. The third kappa shape index (κ3) is 5.14. The van der Waals surface area contributed by atoms with Gasteiger partial charge >= 0.3 is 0 Å². The third-order valence-electron chi connectivity index (χ3n) is 7.71. The highest BCUT2D eigenvalue weighted by Crippen LogP contribution is 2.37. The highest BCUT2D eigenvalue weighted by atomic mass is 16.6. The predicted octanol–water partition coefficient (Wildman–Crippen LogP) is 6.06. The molecule has 3 aromatic carbocycles. The molecule has 0 fully saturated rings. The molecule has 1 unspecified atom stereocenters. The van der Waals surface area contributed by atoms with Gasteiger partial charge in [0.25, 0.3) is 0 Å². The smallest absolute Gasteiger partial charge is 0.161 e. The number of aryl methyl sites for hydroxylation is 1. The second kappa shape index (κ2) is 10.4. The normalized spacial score (nSPS) is 15.8. The van der Waals surface area contributed by atoms with Gasteiger partial charge in [-0.3, -0.25) is 4.79 Å². The fourth-order valence-electron chi connectivity index (χ4n) is 5.00. The number of hydrogen-bond donors (Lipinski definition) is 1. The van der Waals surface area contributed by atoms with Gasteiger partial charge in [0.2, 0.25) is 0 Å². The van der Waals surface area contributed by atoms with Gasteiger partial charge in [0.1, 0.15) is 24.7 Å². The second-order valence-electron chi connectivity index (χ2n) is 10.3. The molecule has 0 spiro atoms. The van der Waals surface area contributed by atoms with Crippen molar-refractivity contribution in [3.8, 4) is 28.4 Å². The van der Waals surface area contributed by atoms with Crippen LogP contribution in [0.25, 0.3) is 23.3 Å². The number of Topliss-reactive ketones (excluding diaryl/α,β-unsaturated/α-hetero) is 1. The standard InChI is InChI=1S/C32H34O5/c1-21-24(5-4-6-28(21)25-9-10-29-30(19-25)36-16-15-35-29)7-8-26-17-23(18-27-12-14-37-31(26)27)11-13-32(3,20-33)22(2)34/h4-10,17-19,33H,11-16,20H2,1-3H3/b8-7+. The molecular weight excluding hydrogens is 464 g/mol. The van der Waals surface area contributed by atoms with Crippen LogP contribution in [0.15, 0.2) is 48.5 Å². The van der Waals surface area contributed by atoms with Crippen LogP contribution >= 0.6 is 0 Å². The van der Waals surface area contributed by atoms with Crippen molar-refractivity contribution in [3.05, 3.63) is 76.3 Å². The Morgan fingerprint density at radius 2 is 1.76 bits per heavy atom. The van der Waals surface area contributed by atoms with E-state index in [1.54, 1.807) is 6.92 Å². The van der Waals surface area contributed by atoms with Gasteiger partial charge in [-0.25, -0.2) is 0 Å². The monoisotopic (exact) mass is 498 g/mol. The fourth-order valence-corrected chi connectivity index (χ4v) is 5.00. The Hall–Kier alpha value is -3.57. The molecule has 5 nitrogen and oxygen atoms in total. The lowest BCUT2D eigenvalue weighted by molar-refractivity contribution is -0.128. The zero-order valence-electron chi connectivity index (χ0n) is 21.8. The number of fused-ring (bicyclic) bond motifs is 2. The van der Waals surface area contributed by atoms with E-state index in [1.807, 2.05) is 13.0 Å². The van der Waals surface area contributed by atoms with Crippen LogP contribution in [0.5, 0.6) is 17.2 Å². The predicted molar refractivity (Wildman–Crippen MR) is 146 cm³/mol. The first-order chi connectivity index (χ1) is 17.9. The van der Waals surface area contributed by atoms with Crippen LogP contribution in [0.4, 0.5) is 0 Å². The van der Waals surface area contributed by atoms with Crippen LogP contribution in [-0.2, 0) is 17.6 Å². The molecule has 3 aromatic rings. The minimum absolute atomic E-state index is 0.0213. The highest BCUT2D eigenvalue weighted by Gasteiger charge is 2.29. The zero-order valence-corrected chi connectivity index (χ0v) is 21.8. The van der Waals surface area contributed by atoms with Crippen LogP contribution in [-0.4, -0.2) is 37.3 Å². The van der Waals surface area contributed by atoms with E-state index >= 15 is 0 Å². The van der Waals surface area contributed by atoms with Crippen molar-refractivity contribution in [2.75, 3.05) is 26.4 Å². The molecule has 0 radical (unpaired) electrons. The molecule has 5 rings (SSSR count). The quantitative estimate of drug-likeness (QED) is 0.383. The third-order valence-corrected chi connectivity index (χ3v) is 7.71. The Bertz CT molecular complexity index is 1360. The molecule has 192 valence electrons. The summed E-state index contributed by atoms with van der Waals surface area (Å²) in [6, 6.07) is 16.8. The van der Waals surface area contributed by atoms with Gasteiger partial charge in [0.05, 0.1) is 13.2 Å². The van der Waals surface area contributed by atoms with Gasteiger partial charge in [0.15, 0.2) is 11.5 Å². The number of carbonyl (C=O) groups excluding carboxylic acids is 1. The maximum Gasteiger partial charge on any atom is 0.161 e. The molecule has 0 bridgehead atoms. The fraction of sp³-hybridized carbons (Fsp3) is 0.344. The lowest BCUT2D eigenvalue weighted by Crippen LogP contribution is -2.30. The van der Waals surface area contributed by atoms with Crippen molar-refractivity contribution in [2.24, 2.45) is 5.41 Å². The maximum absolute atomic E-state index is 12.1. The summed E-state index contributed by atoms with van der Waals surface area (Å²) in [5.74, 6) is 2.54. The molecule has 0 saturated carbocycles. The van der Waals surface area contributed by atoms with Crippen molar-refractivity contribution in [1.82, 2.24) is 0 Å². The first kappa shape index (κ1) is 25.1. The van der Waals surface area contributed by atoms with E-state index in [0.29, 0.717) is 26.2 Å². The van der Waals surface area contributed by atoms with Crippen LogP contribution in [0.3, 0.4) is 0 Å². The Kier molecular flexibility index (Phi) is 7.07. The molecule has 0 aliphatic carbocycles. The molecule has 2 aliphatic heterocycles. The van der Waals surface area contributed by atoms with E-state index in [1.165, 1.54) is 11.1 Å². The second-order valence-corrected chi connectivity index (χ2v) is 10.3. The van der Waals surface area contributed by atoms with Crippen molar-refractivity contribution >= 4 is 17.9 Å². The summed E-state index contributed by atoms with van der Waals surface area (Å²) in [4.78, 5) is 12.1. The minimum Gasteiger partial charge on any atom is -0.492 e. The molecule has 0 amide bonds. The summed E-state index contributed by atoms with van der Waals surface area (Å²) < 4.78 is 17.5. The molecular formula is C32H34O5. The summed E-state index contributed by atoms with van der Waals surface area (Å²) in [6.45, 7) is 7.23.